The minimum Gasteiger partial charge on any atom is -0.481 e. The molecule has 2 spiro atoms. The van der Waals surface area contributed by atoms with Crippen LogP contribution in [0.2, 0.25) is 0 Å². The van der Waals surface area contributed by atoms with E-state index in [0.717, 1.165) is 64.2 Å². The van der Waals surface area contributed by atoms with Gasteiger partial charge < -0.3 is 19.7 Å². The van der Waals surface area contributed by atoms with Crippen LogP contribution in [0.1, 0.15) is 120 Å². The molecule has 10 rings (SSSR count). The number of carbonyl (C=O) groups excluding carboxylic acids is 2. The van der Waals surface area contributed by atoms with E-state index in [4.69, 9.17) is 9.47 Å². The molecule has 2 aliphatic heterocycles. The molecule has 0 aromatic heterocycles. The lowest BCUT2D eigenvalue weighted by Crippen LogP contribution is -2.55. The Labute approximate surface area is 284 Å². The van der Waals surface area contributed by atoms with Crippen LogP contribution in [0.4, 0.5) is 0 Å². The smallest absolute Gasteiger partial charge is 0.309 e. The van der Waals surface area contributed by atoms with Crippen LogP contribution in [0.3, 0.4) is 0 Å². The number of hydrogen-bond donors (Lipinski definition) is 2. The number of ketones is 2. The van der Waals surface area contributed by atoms with Crippen LogP contribution in [0.25, 0.3) is 0 Å². The summed E-state index contributed by atoms with van der Waals surface area (Å²) in [6, 6.07) is 0. The Morgan fingerprint density at radius 3 is 1.29 bits per heavy atom. The van der Waals surface area contributed by atoms with Crippen molar-refractivity contribution in [3.8, 4) is 0 Å². The van der Waals surface area contributed by atoms with E-state index in [1.54, 1.807) is 0 Å². The first-order valence-corrected chi connectivity index (χ1v) is 19.1. The van der Waals surface area contributed by atoms with Crippen LogP contribution < -0.4 is 0 Å². The highest BCUT2D eigenvalue weighted by Crippen LogP contribution is 2.83. The van der Waals surface area contributed by atoms with Gasteiger partial charge in [-0.15, -0.1) is 0 Å². The number of hydrogen-bond acceptors (Lipinski definition) is 6. The number of carboxylic acid groups (broad SMARTS) is 2. The lowest BCUT2D eigenvalue weighted by Gasteiger charge is -2.51. The fourth-order valence-corrected chi connectivity index (χ4v) is 16.9. The fourth-order valence-electron chi connectivity index (χ4n) is 16.9. The predicted molar refractivity (Wildman–Crippen MR) is 175 cm³/mol. The third kappa shape index (κ3) is 3.14. The summed E-state index contributed by atoms with van der Waals surface area (Å²) < 4.78 is 11.6. The van der Waals surface area contributed by atoms with Crippen LogP contribution in [-0.2, 0) is 28.7 Å². The highest BCUT2D eigenvalue weighted by molar-refractivity contribution is 5.94. The number of epoxide rings is 2. The summed E-state index contributed by atoms with van der Waals surface area (Å²) in [5.41, 5.74) is -1.93. The molecule has 0 aromatic rings. The van der Waals surface area contributed by atoms with Gasteiger partial charge in [0.1, 0.15) is 12.2 Å². The average Bonchev–Trinajstić information content (AvgIpc) is 3.84. The summed E-state index contributed by atoms with van der Waals surface area (Å²) >= 11 is 0. The van der Waals surface area contributed by atoms with Crippen molar-refractivity contribution < 1.29 is 38.9 Å². The van der Waals surface area contributed by atoms with E-state index in [-0.39, 0.29) is 68.7 Å². The van der Waals surface area contributed by atoms with E-state index in [1.807, 2.05) is 13.8 Å². The van der Waals surface area contributed by atoms with Crippen molar-refractivity contribution in [2.75, 3.05) is 0 Å². The zero-order valence-corrected chi connectivity index (χ0v) is 30.2. The Kier molecular flexibility index (Phi) is 5.89. The molecule has 0 aromatic carbocycles. The van der Waals surface area contributed by atoms with Gasteiger partial charge in [-0.3, -0.25) is 19.2 Å². The normalized spacial score (nSPS) is 63.5. The predicted octanol–water partition coefficient (Wildman–Crippen LogP) is 6.57. The van der Waals surface area contributed by atoms with Crippen molar-refractivity contribution >= 4 is 23.5 Å². The maximum Gasteiger partial charge on any atom is 0.309 e. The van der Waals surface area contributed by atoms with Crippen molar-refractivity contribution in [1.82, 2.24) is 0 Å². The molecule has 8 aliphatic carbocycles. The molecule has 2 heterocycles. The van der Waals surface area contributed by atoms with Gasteiger partial charge in [0.2, 0.25) is 0 Å². The molecule has 48 heavy (non-hydrogen) atoms. The van der Waals surface area contributed by atoms with Gasteiger partial charge in [0.15, 0.2) is 11.6 Å². The Morgan fingerprint density at radius 2 is 0.958 bits per heavy atom. The molecule has 2 saturated heterocycles. The third-order valence-corrected chi connectivity index (χ3v) is 19.0. The van der Waals surface area contributed by atoms with Gasteiger partial charge in [0.25, 0.3) is 0 Å². The number of Topliss-reactive ketones (excluding diaryl/α,β-unsaturated/α-hetero) is 2. The van der Waals surface area contributed by atoms with Gasteiger partial charge in [-0.05, 0) is 135 Å². The van der Waals surface area contributed by atoms with Crippen LogP contribution in [0, 0.1) is 78.8 Å². The molecule has 10 aliphatic rings. The second kappa shape index (κ2) is 8.80. The van der Waals surface area contributed by atoms with E-state index in [1.165, 1.54) is 0 Å². The van der Waals surface area contributed by atoms with E-state index >= 15 is 0 Å². The monoisotopic (exact) mass is 664 g/mol. The van der Waals surface area contributed by atoms with E-state index < -0.39 is 22.8 Å². The molecule has 0 unspecified atom stereocenters. The number of carboxylic acids is 2. The summed E-state index contributed by atoms with van der Waals surface area (Å²) in [4.78, 5) is 50.6. The number of aliphatic carboxylic acids is 2. The lowest BCUT2D eigenvalue weighted by molar-refractivity contribution is -0.154. The van der Waals surface area contributed by atoms with Crippen LogP contribution >= 0.6 is 0 Å². The number of rotatable bonds is 2. The first kappa shape index (κ1) is 32.1. The van der Waals surface area contributed by atoms with Gasteiger partial charge in [0, 0.05) is 10.8 Å². The third-order valence-electron chi connectivity index (χ3n) is 19.0. The molecule has 0 radical (unpaired) electrons. The molecule has 0 amide bonds. The quantitative estimate of drug-likeness (QED) is 0.317. The SMILES string of the molecule is C[C@H]1[C@@H]2O[C@@H]2C(=O)[C@]2(C)CC[C@H]3[C@H]4[C@](C)(CC[C@]4(C)C(=O)O)C[C@]132.C[C@H]1[C@@H]2O[C@@H]2C(=O)[C@]2(C)CC[C@H]3[C@H]4[C@](C)(CC[C@]4(C)C(=O)O)C[C@]132. The number of fused-ring (bicyclic) bond motifs is 6. The molecule has 10 fully saturated rings. The summed E-state index contributed by atoms with van der Waals surface area (Å²) in [7, 11) is 0. The van der Waals surface area contributed by atoms with Gasteiger partial charge >= 0.3 is 11.9 Å². The second-order valence-corrected chi connectivity index (χ2v) is 20.4. The van der Waals surface area contributed by atoms with Crippen molar-refractivity contribution in [2.24, 2.45) is 78.8 Å². The largest absolute Gasteiger partial charge is 0.481 e. The Hall–Kier alpha value is -1.80. The second-order valence-electron chi connectivity index (χ2n) is 20.4. The summed E-state index contributed by atoms with van der Waals surface area (Å²) in [6.45, 7) is 17.4. The summed E-state index contributed by atoms with van der Waals surface area (Å²) in [5, 5.41) is 20.0. The van der Waals surface area contributed by atoms with E-state index in [0.29, 0.717) is 35.2 Å². The van der Waals surface area contributed by atoms with Gasteiger partial charge in [-0.2, -0.15) is 0 Å². The maximum atomic E-state index is 13.1. The minimum atomic E-state index is -0.641. The highest BCUT2D eigenvalue weighted by atomic mass is 16.6. The van der Waals surface area contributed by atoms with Crippen molar-refractivity contribution in [3.05, 3.63) is 0 Å². The van der Waals surface area contributed by atoms with E-state index in [2.05, 4.69) is 41.5 Å². The van der Waals surface area contributed by atoms with Crippen molar-refractivity contribution in [2.45, 2.75) is 144 Å². The number of carbonyl (C=O) groups is 4. The summed E-state index contributed by atoms with van der Waals surface area (Å²) in [6.07, 6.45) is 9.19. The first-order valence-electron chi connectivity index (χ1n) is 19.1. The fraction of sp³-hybridized carbons (Fsp3) is 0.900. The zero-order valence-electron chi connectivity index (χ0n) is 30.2. The van der Waals surface area contributed by atoms with Crippen LogP contribution in [-0.4, -0.2) is 58.1 Å². The zero-order chi connectivity index (χ0) is 34.6. The van der Waals surface area contributed by atoms with Crippen LogP contribution in [0.15, 0.2) is 0 Å². The molecule has 0 bridgehead atoms. The molecular formula is C40H56O8. The highest BCUT2D eigenvalue weighted by Gasteiger charge is 2.83. The number of ether oxygens (including phenoxy) is 2. The molecule has 18 atom stereocenters. The van der Waals surface area contributed by atoms with Crippen molar-refractivity contribution in [1.29, 1.82) is 0 Å². The van der Waals surface area contributed by atoms with Crippen molar-refractivity contribution in [3.63, 3.8) is 0 Å². The maximum absolute atomic E-state index is 13.1. The molecule has 8 saturated carbocycles. The molecule has 264 valence electrons. The Bertz CT molecular complexity index is 1460. The molecule has 8 nitrogen and oxygen atoms in total. The average molecular weight is 665 g/mol. The Morgan fingerprint density at radius 1 is 0.604 bits per heavy atom. The molecule has 2 N–H and O–H groups in total. The van der Waals surface area contributed by atoms with Crippen LogP contribution in [0.5, 0.6) is 0 Å². The topological polar surface area (TPSA) is 134 Å². The Balaban J connectivity index is 0.000000131. The minimum absolute atomic E-state index is 0.0513. The molecule has 8 heteroatoms. The first-order chi connectivity index (χ1) is 22.2. The van der Waals surface area contributed by atoms with E-state index in [9.17, 15) is 29.4 Å². The van der Waals surface area contributed by atoms with Gasteiger partial charge in [0.05, 0.1) is 23.0 Å². The lowest BCUT2D eigenvalue weighted by atomic mass is 9.50. The van der Waals surface area contributed by atoms with Gasteiger partial charge in [-0.1, -0.05) is 41.5 Å². The summed E-state index contributed by atoms with van der Waals surface area (Å²) in [5.74, 6) is 1.14. The van der Waals surface area contributed by atoms with Gasteiger partial charge in [-0.25, -0.2) is 0 Å². The standard InChI is InChI=1S/2C20H28O4/c2*1-10-12-13(24-12)15(21)19(4)6-5-11-14-17(2,9-20(10,11)19)7-8-18(14,3)16(22)23/h2*10-14H,5-9H2,1-4H3,(H,22,23)/t2*10-,11-,12-,13-,14-,17+,18-,19-,20-/m00/s1. The molecular weight excluding hydrogens is 608 g/mol.